The van der Waals surface area contributed by atoms with Gasteiger partial charge in [-0.1, -0.05) is 46.0 Å². The quantitative estimate of drug-likeness (QED) is 0.728. The van der Waals surface area contributed by atoms with Crippen LogP contribution in [0, 0.1) is 11.8 Å². The van der Waals surface area contributed by atoms with Crippen LogP contribution >= 0.6 is 0 Å². The zero-order valence-electron chi connectivity index (χ0n) is 16.6. The van der Waals surface area contributed by atoms with Gasteiger partial charge in [0, 0.05) is 39.3 Å². The van der Waals surface area contributed by atoms with E-state index in [9.17, 15) is 4.79 Å². The predicted octanol–water partition coefficient (Wildman–Crippen LogP) is 3.35. The van der Waals surface area contributed by atoms with Crippen LogP contribution in [-0.4, -0.2) is 68.3 Å². The largest absolute Gasteiger partial charge is 0.379 e. The van der Waals surface area contributed by atoms with Gasteiger partial charge in [-0.15, -0.1) is 0 Å². The van der Waals surface area contributed by atoms with Gasteiger partial charge < -0.3 is 15.0 Å². The third-order valence-corrected chi connectivity index (χ3v) is 6.17. The predicted molar refractivity (Wildman–Crippen MR) is 103 cm³/mol. The van der Waals surface area contributed by atoms with Crippen LogP contribution in [0.1, 0.15) is 58.8 Å². The molecule has 1 unspecified atom stereocenters. The Balaban J connectivity index is 1.83. The summed E-state index contributed by atoms with van der Waals surface area (Å²) in [6, 6.07) is 0.515. The molecule has 146 valence electrons. The van der Waals surface area contributed by atoms with Crippen molar-refractivity contribution in [3.63, 3.8) is 0 Å². The molecular formula is C20H39N3O2. The highest BCUT2D eigenvalue weighted by atomic mass is 16.5. The van der Waals surface area contributed by atoms with Gasteiger partial charge in [0.05, 0.1) is 13.2 Å². The second-order valence-electron chi connectivity index (χ2n) is 7.86. The van der Waals surface area contributed by atoms with Gasteiger partial charge in [0.1, 0.15) is 0 Å². The Kier molecular flexibility index (Phi) is 9.04. The average Bonchev–Trinajstić information content (AvgIpc) is 2.66. The van der Waals surface area contributed by atoms with Crippen LogP contribution in [0.2, 0.25) is 0 Å². The number of nitrogens with one attached hydrogen (secondary N) is 1. The number of hydrogen-bond acceptors (Lipinski definition) is 3. The number of morpholine rings is 1. The van der Waals surface area contributed by atoms with E-state index in [0.717, 1.165) is 52.2 Å². The van der Waals surface area contributed by atoms with Crippen molar-refractivity contribution in [3.8, 4) is 0 Å². The molecule has 1 saturated heterocycles. The summed E-state index contributed by atoms with van der Waals surface area (Å²) in [5.74, 6) is 1.32. The summed E-state index contributed by atoms with van der Waals surface area (Å²) in [4.78, 5) is 17.0. The Hall–Kier alpha value is -0.810. The fourth-order valence-electron chi connectivity index (χ4n) is 4.50. The highest BCUT2D eigenvalue weighted by Gasteiger charge is 2.28. The van der Waals surface area contributed by atoms with Gasteiger partial charge in [-0.3, -0.25) is 4.90 Å². The summed E-state index contributed by atoms with van der Waals surface area (Å²) < 4.78 is 5.51. The molecule has 1 aliphatic carbocycles. The molecule has 1 heterocycles. The van der Waals surface area contributed by atoms with E-state index >= 15 is 0 Å². The van der Waals surface area contributed by atoms with E-state index in [4.69, 9.17) is 4.74 Å². The summed E-state index contributed by atoms with van der Waals surface area (Å²) in [5.41, 5.74) is 0. The zero-order valence-corrected chi connectivity index (χ0v) is 16.6. The number of amides is 2. The van der Waals surface area contributed by atoms with E-state index < -0.39 is 0 Å². The van der Waals surface area contributed by atoms with E-state index in [1.807, 2.05) is 11.9 Å². The maximum Gasteiger partial charge on any atom is 0.317 e. The lowest BCUT2D eigenvalue weighted by atomic mass is 9.89. The second kappa shape index (κ2) is 11.0. The molecule has 1 aliphatic heterocycles. The van der Waals surface area contributed by atoms with E-state index in [0.29, 0.717) is 17.9 Å². The monoisotopic (exact) mass is 353 g/mol. The minimum atomic E-state index is 0.0924. The smallest absolute Gasteiger partial charge is 0.317 e. The molecule has 1 atom stereocenters. The first-order chi connectivity index (χ1) is 12.2. The van der Waals surface area contributed by atoms with Gasteiger partial charge in [-0.05, 0) is 24.7 Å². The van der Waals surface area contributed by atoms with Crippen LogP contribution in [-0.2, 0) is 4.74 Å². The van der Waals surface area contributed by atoms with Gasteiger partial charge >= 0.3 is 6.03 Å². The van der Waals surface area contributed by atoms with Crippen molar-refractivity contribution in [1.29, 1.82) is 0 Å². The number of carbonyl (C=O) groups is 1. The lowest BCUT2D eigenvalue weighted by Crippen LogP contribution is -2.53. The molecule has 5 heteroatoms. The van der Waals surface area contributed by atoms with Crippen LogP contribution < -0.4 is 5.32 Å². The number of carbonyl (C=O) groups excluding carboxylic acids is 1. The molecule has 0 spiro atoms. The highest BCUT2D eigenvalue weighted by molar-refractivity contribution is 5.73. The topological polar surface area (TPSA) is 44.8 Å². The molecule has 1 saturated carbocycles. The van der Waals surface area contributed by atoms with Gasteiger partial charge in [0.25, 0.3) is 0 Å². The Bertz CT molecular complexity index is 375. The Labute approximate surface area is 154 Å². The van der Waals surface area contributed by atoms with E-state index in [1.54, 1.807) is 0 Å². The van der Waals surface area contributed by atoms with E-state index in [2.05, 4.69) is 24.1 Å². The number of ether oxygens (including phenoxy) is 1. The lowest BCUT2D eigenvalue weighted by molar-refractivity contribution is 0.00213. The summed E-state index contributed by atoms with van der Waals surface area (Å²) in [5, 5.41) is 3.22. The second-order valence-corrected chi connectivity index (χ2v) is 7.86. The fraction of sp³-hybridized carbons (Fsp3) is 0.950. The molecular weight excluding hydrogens is 314 g/mol. The molecule has 2 rings (SSSR count). The summed E-state index contributed by atoms with van der Waals surface area (Å²) in [7, 11) is 1.95. The molecule has 25 heavy (non-hydrogen) atoms. The number of rotatable bonds is 8. The first-order valence-corrected chi connectivity index (χ1v) is 10.5. The number of nitrogens with zero attached hydrogens (tertiary/aromatic N) is 2. The molecule has 0 aromatic rings. The van der Waals surface area contributed by atoms with Crippen molar-refractivity contribution in [2.45, 2.75) is 64.8 Å². The Morgan fingerprint density at radius 2 is 1.80 bits per heavy atom. The van der Waals surface area contributed by atoms with Gasteiger partial charge in [-0.25, -0.2) is 4.79 Å². The van der Waals surface area contributed by atoms with Crippen molar-refractivity contribution in [3.05, 3.63) is 0 Å². The van der Waals surface area contributed by atoms with Crippen molar-refractivity contribution < 1.29 is 9.53 Å². The van der Waals surface area contributed by atoms with Crippen molar-refractivity contribution >= 4 is 6.03 Å². The van der Waals surface area contributed by atoms with Crippen molar-refractivity contribution in [1.82, 2.24) is 15.1 Å². The third kappa shape index (κ3) is 6.45. The summed E-state index contributed by atoms with van der Waals surface area (Å²) in [6.07, 6.45) is 8.90. The van der Waals surface area contributed by atoms with E-state index in [1.165, 1.54) is 32.1 Å². The fourth-order valence-corrected chi connectivity index (χ4v) is 4.50. The molecule has 2 fully saturated rings. The van der Waals surface area contributed by atoms with Crippen LogP contribution in [0.25, 0.3) is 0 Å². The highest BCUT2D eigenvalue weighted by Crippen LogP contribution is 2.24. The van der Waals surface area contributed by atoms with Gasteiger partial charge in [0.15, 0.2) is 0 Å². The van der Waals surface area contributed by atoms with Crippen molar-refractivity contribution in [2.24, 2.45) is 11.8 Å². The Morgan fingerprint density at radius 1 is 1.16 bits per heavy atom. The molecule has 5 nitrogen and oxygen atoms in total. The molecule has 0 radical (unpaired) electrons. The summed E-state index contributed by atoms with van der Waals surface area (Å²) >= 11 is 0. The minimum absolute atomic E-state index is 0.0924. The zero-order chi connectivity index (χ0) is 18.1. The van der Waals surface area contributed by atoms with Gasteiger partial charge in [-0.2, -0.15) is 0 Å². The standard InChI is InChI=1S/C20H39N3O2/c1-4-18(5-2)19(23-11-13-25-14-12-23)15-21-20(24)22(3)16-17-9-7-6-8-10-17/h17-19H,4-16H2,1-3H3,(H,21,24). The van der Waals surface area contributed by atoms with Crippen LogP contribution in [0.15, 0.2) is 0 Å². The van der Waals surface area contributed by atoms with Gasteiger partial charge in [0.2, 0.25) is 0 Å². The minimum Gasteiger partial charge on any atom is -0.379 e. The number of urea groups is 1. The normalized spacial score (nSPS) is 21.3. The molecule has 0 aromatic carbocycles. The summed E-state index contributed by atoms with van der Waals surface area (Å²) in [6.45, 7) is 9.76. The maximum atomic E-state index is 12.6. The first-order valence-electron chi connectivity index (χ1n) is 10.5. The maximum absolute atomic E-state index is 12.6. The van der Waals surface area contributed by atoms with Crippen LogP contribution in [0.4, 0.5) is 4.79 Å². The van der Waals surface area contributed by atoms with Crippen LogP contribution in [0.3, 0.4) is 0 Å². The molecule has 0 bridgehead atoms. The first kappa shape index (κ1) is 20.5. The SMILES string of the molecule is CCC(CC)C(CNC(=O)N(C)CC1CCCCC1)N1CCOCC1. The Morgan fingerprint density at radius 3 is 2.40 bits per heavy atom. The molecule has 2 amide bonds. The number of hydrogen-bond donors (Lipinski definition) is 1. The molecule has 2 aliphatic rings. The molecule has 0 aromatic heterocycles. The van der Waals surface area contributed by atoms with Crippen LogP contribution in [0.5, 0.6) is 0 Å². The van der Waals surface area contributed by atoms with E-state index in [-0.39, 0.29) is 6.03 Å². The van der Waals surface area contributed by atoms with Crippen molar-refractivity contribution in [2.75, 3.05) is 46.4 Å². The average molecular weight is 354 g/mol. The molecule has 1 N–H and O–H groups in total. The third-order valence-electron chi connectivity index (χ3n) is 6.17. The lowest BCUT2D eigenvalue weighted by Gasteiger charge is -2.39.